The molecule has 618 valence electrons. The average Bonchev–Trinajstić information content (AvgIpc) is 0.991. The fourth-order valence-electron chi connectivity index (χ4n) is 22.9. The second kappa shape index (κ2) is 28.1. The number of amidine groups is 2. The maximum absolute atomic E-state index is 5.74. The molecule has 0 saturated carbocycles. The van der Waals surface area contributed by atoms with Crippen molar-refractivity contribution < 1.29 is 0 Å². The Morgan fingerprint density at radius 1 is 0.312 bits per heavy atom. The van der Waals surface area contributed by atoms with Crippen LogP contribution in [0.1, 0.15) is 156 Å². The molecule has 0 fully saturated rings. The molecule has 7 aliphatic rings. The molecule has 4 aliphatic heterocycles. The van der Waals surface area contributed by atoms with E-state index >= 15 is 0 Å². The molecule has 3 aliphatic carbocycles. The van der Waals surface area contributed by atoms with Crippen molar-refractivity contribution in [3.05, 3.63) is 425 Å². The van der Waals surface area contributed by atoms with Crippen molar-refractivity contribution in [3.8, 4) is 44.5 Å². The normalized spacial score (nSPS) is 17.9. The van der Waals surface area contributed by atoms with E-state index in [1.54, 1.807) is 12.7 Å². The van der Waals surface area contributed by atoms with Gasteiger partial charge >= 0.3 is 0 Å². The number of anilines is 10. The Bertz CT molecular complexity index is 7690. The Morgan fingerprint density at radius 2 is 0.742 bits per heavy atom. The first-order valence-corrected chi connectivity index (χ1v) is 45.1. The molecule has 0 bridgehead atoms. The first kappa shape index (κ1) is 76.9. The van der Waals surface area contributed by atoms with Crippen LogP contribution in [0.4, 0.5) is 56.9 Å². The number of para-hydroxylation sites is 2. The summed E-state index contributed by atoms with van der Waals surface area (Å²) in [5, 5.41) is 7.06. The van der Waals surface area contributed by atoms with Gasteiger partial charge < -0.3 is 9.80 Å². The van der Waals surface area contributed by atoms with Gasteiger partial charge in [0, 0.05) is 66.3 Å². The van der Waals surface area contributed by atoms with E-state index in [9.17, 15) is 0 Å². The molecule has 0 N–H and O–H groups in total. The summed E-state index contributed by atoms with van der Waals surface area (Å²) >= 11 is 0. The third-order valence-corrected chi connectivity index (χ3v) is 29.3. The molecule has 15 aromatic carbocycles. The number of allylic oxidation sites excluding steroid dienone is 4. The highest BCUT2D eigenvalue weighted by molar-refractivity contribution is 6.20. The summed E-state index contributed by atoms with van der Waals surface area (Å²) in [4.78, 5) is 41.5. The minimum absolute atomic E-state index is 0.170. The van der Waals surface area contributed by atoms with Gasteiger partial charge in [-0.25, -0.2) is 19.9 Å². The van der Waals surface area contributed by atoms with Crippen molar-refractivity contribution in [3.63, 3.8) is 0 Å². The lowest BCUT2D eigenvalue weighted by Gasteiger charge is -2.48. The van der Waals surface area contributed by atoms with Crippen LogP contribution >= 0.6 is 0 Å². The molecule has 128 heavy (non-hydrogen) atoms. The third-order valence-electron chi connectivity index (χ3n) is 29.3. The Morgan fingerprint density at radius 3 is 1.36 bits per heavy atom. The Balaban J connectivity index is 0.533. The number of fused-ring (bicyclic) bond motifs is 12. The molecule has 10 heteroatoms. The molecule has 17 aromatic rings. The number of nitrogens with zero attached hydrogens (tertiary/aromatic N) is 10. The molecule has 24 rings (SSSR count). The lowest BCUT2D eigenvalue weighted by molar-refractivity contribution is 0.403. The zero-order chi connectivity index (χ0) is 86.6. The van der Waals surface area contributed by atoms with E-state index in [4.69, 9.17) is 29.9 Å². The first-order chi connectivity index (χ1) is 62.1. The maximum Gasteiger partial charge on any atom is 0.141 e. The summed E-state index contributed by atoms with van der Waals surface area (Å²) in [6, 6.07) is 122. The van der Waals surface area contributed by atoms with Crippen LogP contribution in [0.25, 0.3) is 82.4 Å². The minimum atomic E-state index is -0.680. The predicted molar refractivity (Wildman–Crippen MR) is 529 cm³/mol. The van der Waals surface area contributed by atoms with Crippen molar-refractivity contribution in [1.29, 1.82) is 0 Å². The van der Waals surface area contributed by atoms with Gasteiger partial charge in [-0.15, -0.1) is 0 Å². The summed E-state index contributed by atoms with van der Waals surface area (Å²) in [6.07, 6.45) is 10.2. The van der Waals surface area contributed by atoms with Gasteiger partial charge in [0.05, 0.1) is 56.9 Å². The monoisotopic (exact) mass is 1650 g/mol. The van der Waals surface area contributed by atoms with Gasteiger partial charge in [0.25, 0.3) is 0 Å². The van der Waals surface area contributed by atoms with Crippen LogP contribution in [0, 0.1) is 5.92 Å². The summed E-state index contributed by atoms with van der Waals surface area (Å²) in [5.41, 5.74) is 34.5. The highest BCUT2D eigenvalue weighted by Gasteiger charge is 2.52. The number of benzene rings is 15. The highest BCUT2D eigenvalue weighted by Crippen LogP contribution is 2.61. The number of aromatic nitrogens is 4. The van der Waals surface area contributed by atoms with E-state index in [0.29, 0.717) is 0 Å². The maximum atomic E-state index is 5.74. The Labute approximate surface area is 748 Å². The van der Waals surface area contributed by atoms with E-state index in [1.165, 1.54) is 88.3 Å². The zero-order valence-corrected chi connectivity index (χ0v) is 74.0. The van der Waals surface area contributed by atoms with Gasteiger partial charge in [0.1, 0.15) is 35.4 Å². The van der Waals surface area contributed by atoms with Gasteiger partial charge in [-0.1, -0.05) is 300 Å². The fraction of sp³-hybridized carbons (Fsp3) is 0.169. The molecule has 0 spiro atoms. The van der Waals surface area contributed by atoms with E-state index in [1.807, 2.05) is 0 Å². The molecule has 0 saturated heterocycles. The number of aliphatic imine (C=N–C) groups is 2. The quantitative estimate of drug-likeness (QED) is 0.113. The van der Waals surface area contributed by atoms with E-state index in [-0.39, 0.29) is 22.2 Å². The molecule has 6 heterocycles. The van der Waals surface area contributed by atoms with Crippen molar-refractivity contribution in [2.24, 2.45) is 15.9 Å². The second-order valence-electron chi connectivity index (χ2n) is 38.8. The highest BCUT2D eigenvalue weighted by atomic mass is 15.3. The number of rotatable bonds is 13. The van der Waals surface area contributed by atoms with Crippen LogP contribution in [0.3, 0.4) is 0 Å². The number of hydrogen-bond donors (Lipinski definition) is 0. The van der Waals surface area contributed by atoms with Crippen molar-refractivity contribution in [2.45, 2.75) is 122 Å². The molecule has 0 radical (unpaired) electrons. The van der Waals surface area contributed by atoms with Crippen molar-refractivity contribution in [1.82, 2.24) is 19.9 Å². The summed E-state index contributed by atoms with van der Waals surface area (Å²) in [6.45, 7) is 25.4. The second-order valence-corrected chi connectivity index (χ2v) is 38.8. The molecule has 10 nitrogen and oxygen atoms in total. The summed E-state index contributed by atoms with van der Waals surface area (Å²) < 4.78 is 0. The largest absolute Gasteiger partial charge is 0.310 e. The van der Waals surface area contributed by atoms with Gasteiger partial charge in [-0.05, 0) is 245 Å². The van der Waals surface area contributed by atoms with Crippen LogP contribution < -0.4 is 19.6 Å². The van der Waals surface area contributed by atoms with Crippen LogP contribution in [-0.2, 0) is 32.7 Å². The Kier molecular flexibility index (Phi) is 16.9. The van der Waals surface area contributed by atoms with Gasteiger partial charge in [0.2, 0.25) is 0 Å². The SMILES string of the molecule is CC1(C)N=C(c2ccc(-c3ccc(N(c4ccc5c(c4)C(C)(C)C4=C5C=CC(CC5(C)c6ccccc6N6C(c7ccc(-c8ccc(N(c9ccc(-c%10ccccc%10)cc9)c9ccc%10c(c9)C(C)(C)c9ccccc9-%10)c9ccccc89)cc7)=NC(C)(C)c7ncnc5c76)C4)c4ccc5ccccc5c4)c4ccccc34)cc2)N2c3ccccc3C(C)(C)c3ncnc1c32. The molecular weight excluding hydrogens is 1560 g/mol. The molecule has 2 aromatic heterocycles. The van der Waals surface area contributed by atoms with E-state index in [2.05, 4.69) is 435 Å². The third kappa shape index (κ3) is 11.5. The van der Waals surface area contributed by atoms with E-state index < -0.39 is 16.5 Å². The van der Waals surface area contributed by atoms with E-state index in [0.717, 1.165) is 148 Å². The fourth-order valence-corrected chi connectivity index (χ4v) is 22.9. The first-order valence-electron chi connectivity index (χ1n) is 45.1. The van der Waals surface area contributed by atoms with Crippen molar-refractivity contribution in [2.75, 3.05) is 19.6 Å². The summed E-state index contributed by atoms with van der Waals surface area (Å²) in [5.74, 6) is 1.97. The van der Waals surface area contributed by atoms with Gasteiger partial charge in [0.15, 0.2) is 0 Å². The lowest BCUT2D eigenvalue weighted by atomic mass is 9.66. The van der Waals surface area contributed by atoms with Crippen LogP contribution in [0.15, 0.2) is 368 Å². The number of hydrogen-bond acceptors (Lipinski definition) is 10. The smallest absolute Gasteiger partial charge is 0.141 e. The zero-order valence-electron chi connectivity index (χ0n) is 74.0. The van der Waals surface area contributed by atoms with Gasteiger partial charge in [-0.3, -0.25) is 19.8 Å². The van der Waals surface area contributed by atoms with Gasteiger partial charge in [-0.2, -0.15) is 0 Å². The van der Waals surface area contributed by atoms with Crippen LogP contribution in [0.2, 0.25) is 0 Å². The topological polar surface area (TPSA) is 89.2 Å². The standard InChI is InChI=1S/C118H96N10/c1-113(2)95-36-22-21-33-89(95)91-59-56-83(67-99(91)113)125(81-53-50-75(51-54-81)73-27-13-12-14-28-73)101-63-61-85(87-31-17-19-34-93(87)101)76-44-48-79(49-45-76)112-124-117(9,10)109-106-110(122-71-121-109)118(11,97-38-24-26-40-104(97)128(106)112)69-72-41-58-90-92-60-57-84(68-100(92)114(3,4)98(90)65-72)126(82-55-52-74-29-15-16-30-80(74)66-82)102-64-62-86(88-32-18-20-35-94(88)102)77-42-46-78(47-43-77)111-123-116(7,8)108-105-107(119-70-120-108)115(5,6)96-37-23-25-39-103(96)127(105)111/h12-64,66-68,70-72H,65,69H2,1-11H3. The molecule has 2 atom stereocenters. The Hall–Kier alpha value is -14.7. The average molecular weight is 1650 g/mol. The van der Waals surface area contributed by atoms with Crippen molar-refractivity contribution >= 4 is 106 Å². The van der Waals surface area contributed by atoms with Crippen LogP contribution in [-0.4, -0.2) is 31.6 Å². The molecule has 2 unspecified atom stereocenters. The summed E-state index contributed by atoms with van der Waals surface area (Å²) in [7, 11) is 0. The molecular formula is C118H96N10. The molecule has 0 amide bonds. The predicted octanol–water partition coefficient (Wildman–Crippen LogP) is 29.6. The minimum Gasteiger partial charge on any atom is -0.310 e. The van der Waals surface area contributed by atoms with Crippen LogP contribution in [0.5, 0.6) is 0 Å². The lowest BCUT2D eigenvalue weighted by Crippen LogP contribution is -2.45.